The minimum Gasteiger partial charge on any atom is -0.350 e. The van der Waals surface area contributed by atoms with Crippen LogP contribution in [-0.2, 0) is 9.47 Å². The van der Waals surface area contributed by atoms with Crippen molar-refractivity contribution in [3.63, 3.8) is 0 Å². The summed E-state index contributed by atoms with van der Waals surface area (Å²) in [4.78, 5) is 0. The van der Waals surface area contributed by atoms with Crippen LogP contribution in [0.3, 0.4) is 0 Å². The average Bonchev–Trinajstić information content (AvgIpc) is 2.38. The van der Waals surface area contributed by atoms with Gasteiger partial charge in [0, 0.05) is 6.42 Å². The van der Waals surface area contributed by atoms with Gasteiger partial charge in [-0.2, -0.15) is 0 Å². The topological polar surface area (TPSA) is 18.5 Å². The molecule has 0 aromatic heterocycles. The van der Waals surface area contributed by atoms with E-state index < -0.39 is 0 Å². The Labute approximate surface area is 110 Å². The van der Waals surface area contributed by atoms with Crippen LogP contribution in [0.2, 0.25) is 0 Å². The zero-order valence-corrected chi connectivity index (χ0v) is 11.2. The number of rotatable bonds is 4. The summed E-state index contributed by atoms with van der Waals surface area (Å²) in [5.41, 5.74) is 1.37. The van der Waals surface area contributed by atoms with Gasteiger partial charge in [0.15, 0.2) is 6.29 Å². The van der Waals surface area contributed by atoms with Crippen LogP contribution >= 0.6 is 0 Å². The molecule has 1 aliphatic rings. The first kappa shape index (κ1) is 13.3. The first-order valence-corrected chi connectivity index (χ1v) is 6.67. The normalized spacial score (nSPS) is 28.3. The third-order valence-corrected chi connectivity index (χ3v) is 3.28. The molecule has 0 aliphatic carbocycles. The van der Waals surface area contributed by atoms with E-state index in [0.29, 0.717) is 5.92 Å². The molecular weight excluding hydrogens is 224 g/mol. The summed E-state index contributed by atoms with van der Waals surface area (Å²) in [5.74, 6) is 0.492. The van der Waals surface area contributed by atoms with E-state index in [0.717, 1.165) is 12.8 Å². The Hall–Kier alpha value is -1.12. The fraction of sp³-hybridized carbons (Fsp3) is 0.500. The lowest BCUT2D eigenvalue weighted by molar-refractivity contribution is -0.202. The van der Waals surface area contributed by atoms with Crippen molar-refractivity contribution < 1.29 is 9.47 Å². The maximum Gasteiger partial charge on any atom is 0.159 e. The third-order valence-electron chi connectivity index (χ3n) is 3.28. The monoisotopic (exact) mass is 246 g/mol. The van der Waals surface area contributed by atoms with Gasteiger partial charge in [0.2, 0.25) is 0 Å². The SMILES string of the molecule is C=C[C@@H]1C[C@H](c2ccccc2)C[C@@H](OC(C)C)O1. The molecule has 2 nitrogen and oxygen atoms in total. The molecule has 2 heteroatoms. The molecule has 0 radical (unpaired) electrons. The molecule has 2 rings (SSSR count). The van der Waals surface area contributed by atoms with E-state index in [4.69, 9.17) is 9.47 Å². The van der Waals surface area contributed by atoms with E-state index in [1.165, 1.54) is 5.56 Å². The van der Waals surface area contributed by atoms with E-state index >= 15 is 0 Å². The number of hydrogen-bond acceptors (Lipinski definition) is 2. The van der Waals surface area contributed by atoms with Gasteiger partial charge in [-0.1, -0.05) is 36.4 Å². The molecule has 0 saturated carbocycles. The highest BCUT2D eigenvalue weighted by Gasteiger charge is 2.29. The van der Waals surface area contributed by atoms with Crippen LogP contribution in [0.1, 0.15) is 38.2 Å². The first-order valence-electron chi connectivity index (χ1n) is 6.67. The van der Waals surface area contributed by atoms with Gasteiger partial charge in [-0.15, -0.1) is 6.58 Å². The minimum atomic E-state index is -0.119. The van der Waals surface area contributed by atoms with Crippen molar-refractivity contribution in [2.75, 3.05) is 0 Å². The van der Waals surface area contributed by atoms with E-state index in [1.807, 2.05) is 19.9 Å². The summed E-state index contributed by atoms with van der Waals surface area (Å²) in [6.45, 7) is 7.93. The van der Waals surface area contributed by atoms with Crippen LogP contribution < -0.4 is 0 Å². The molecule has 3 atom stereocenters. The van der Waals surface area contributed by atoms with Crippen LogP contribution in [0.4, 0.5) is 0 Å². The molecule has 0 amide bonds. The standard InChI is InChI=1S/C16H22O2/c1-4-15-10-14(13-8-6-5-7-9-13)11-16(18-15)17-12(2)3/h4-9,12,14-16H,1,10-11H2,2-3H3/t14-,15+,16-/m0/s1. The fourth-order valence-corrected chi connectivity index (χ4v) is 2.46. The molecule has 0 N–H and O–H groups in total. The quantitative estimate of drug-likeness (QED) is 0.750. The fourth-order valence-electron chi connectivity index (χ4n) is 2.46. The summed E-state index contributed by atoms with van der Waals surface area (Å²) in [7, 11) is 0. The molecular formula is C16H22O2. The Morgan fingerprint density at radius 3 is 2.61 bits per heavy atom. The highest BCUT2D eigenvalue weighted by molar-refractivity contribution is 5.20. The molecule has 1 aromatic rings. The van der Waals surface area contributed by atoms with Crippen molar-refractivity contribution in [3.05, 3.63) is 48.6 Å². The summed E-state index contributed by atoms with van der Waals surface area (Å²) >= 11 is 0. The van der Waals surface area contributed by atoms with Crippen molar-refractivity contribution in [1.82, 2.24) is 0 Å². The zero-order valence-electron chi connectivity index (χ0n) is 11.2. The van der Waals surface area contributed by atoms with Crippen LogP contribution in [0.5, 0.6) is 0 Å². The van der Waals surface area contributed by atoms with Gasteiger partial charge in [-0.05, 0) is 31.7 Å². The van der Waals surface area contributed by atoms with Gasteiger partial charge < -0.3 is 9.47 Å². The Morgan fingerprint density at radius 1 is 1.28 bits per heavy atom. The minimum absolute atomic E-state index is 0.0905. The molecule has 1 fully saturated rings. The Balaban J connectivity index is 2.08. The van der Waals surface area contributed by atoms with Crippen molar-refractivity contribution >= 4 is 0 Å². The van der Waals surface area contributed by atoms with Crippen molar-refractivity contribution in [1.29, 1.82) is 0 Å². The molecule has 98 valence electrons. The predicted octanol–water partition coefficient (Wildman–Crippen LogP) is 3.89. The van der Waals surface area contributed by atoms with Crippen molar-refractivity contribution in [3.8, 4) is 0 Å². The second-order valence-electron chi connectivity index (χ2n) is 5.10. The molecule has 1 aromatic carbocycles. The highest BCUT2D eigenvalue weighted by atomic mass is 16.7. The van der Waals surface area contributed by atoms with Crippen molar-refractivity contribution in [2.45, 2.75) is 51.1 Å². The smallest absolute Gasteiger partial charge is 0.159 e. The molecule has 0 bridgehead atoms. The summed E-state index contributed by atoms with van der Waals surface area (Å²) in [6, 6.07) is 10.6. The number of benzene rings is 1. The maximum absolute atomic E-state index is 5.86. The number of ether oxygens (including phenoxy) is 2. The van der Waals surface area contributed by atoms with Crippen LogP contribution in [-0.4, -0.2) is 18.5 Å². The van der Waals surface area contributed by atoms with Crippen molar-refractivity contribution in [2.24, 2.45) is 0 Å². The Kier molecular flexibility index (Phi) is 4.56. The van der Waals surface area contributed by atoms with Gasteiger partial charge in [0.25, 0.3) is 0 Å². The van der Waals surface area contributed by atoms with Crippen LogP contribution in [0, 0.1) is 0 Å². The lowest BCUT2D eigenvalue weighted by atomic mass is 9.88. The lowest BCUT2D eigenvalue weighted by Crippen LogP contribution is -2.34. The van der Waals surface area contributed by atoms with Gasteiger partial charge in [0.05, 0.1) is 12.2 Å². The van der Waals surface area contributed by atoms with E-state index in [-0.39, 0.29) is 18.5 Å². The van der Waals surface area contributed by atoms with Crippen LogP contribution in [0.15, 0.2) is 43.0 Å². The maximum atomic E-state index is 5.86. The van der Waals surface area contributed by atoms with Gasteiger partial charge in [0.1, 0.15) is 0 Å². The van der Waals surface area contributed by atoms with Gasteiger partial charge in [-0.25, -0.2) is 0 Å². The summed E-state index contributed by atoms with van der Waals surface area (Å²) in [5, 5.41) is 0. The zero-order chi connectivity index (χ0) is 13.0. The summed E-state index contributed by atoms with van der Waals surface area (Å²) in [6.07, 6.45) is 3.96. The highest BCUT2D eigenvalue weighted by Crippen LogP contribution is 2.34. The average molecular weight is 246 g/mol. The molecule has 18 heavy (non-hydrogen) atoms. The largest absolute Gasteiger partial charge is 0.350 e. The molecule has 1 saturated heterocycles. The predicted molar refractivity (Wildman–Crippen MR) is 73.5 cm³/mol. The van der Waals surface area contributed by atoms with Gasteiger partial charge in [-0.3, -0.25) is 0 Å². The second kappa shape index (κ2) is 6.17. The molecule has 0 spiro atoms. The van der Waals surface area contributed by atoms with E-state index in [9.17, 15) is 0 Å². The Morgan fingerprint density at radius 2 is 2.00 bits per heavy atom. The second-order valence-corrected chi connectivity index (χ2v) is 5.10. The first-order chi connectivity index (χ1) is 8.69. The third kappa shape index (κ3) is 3.44. The lowest BCUT2D eigenvalue weighted by Gasteiger charge is -2.35. The van der Waals surface area contributed by atoms with Crippen LogP contribution in [0.25, 0.3) is 0 Å². The number of hydrogen-bond donors (Lipinski definition) is 0. The molecule has 0 unspecified atom stereocenters. The van der Waals surface area contributed by atoms with Gasteiger partial charge >= 0.3 is 0 Å². The Bertz CT molecular complexity index is 372. The van der Waals surface area contributed by atoms with E-state index in [2.05, 4.69) is 36.9 Å². The molecule has 1 heterocycles. The summed E-state index contributed by atoms with van der Waals surface area (Å²) < 4.78 is 11.7. The molecule has 1 aliphatic heterocycles. The van der Waals surface area contributed by atoms with E-state index in [1.54, 1.807) is 0 Å².